The van der Waals surface area contributed by atoms with Crippen molar-refractivity contribution in [2.75, 3.05) is 12.4 Å². The Labute approximate surface area is 137 Å². The Morgan fingerprint density at radius 3 is 2.62 bits per heavy atom. The number of aromatic amines is 1. The fourth-order valence-corrected chi connectivity index (χ4v) is 2.34. The molecule has 4 aromatic rings. The van der Waals surface area contributed by atoms with Gasteiger partial charge in [0.05, 0.1) is 13.4 Å². The summed E-state index contributed by atoms with van der Waals surface area (Å²) in [5.74, 6) is 1.75. The molecule has 0 atom stereocenters. The van der Waals surface area contributed by atoms with E-state index in [4.69, 9.17) is 4.74 Å². The molecule has 0 aliphatic rings. The minimum Gasteiger partial charge on any atom is -0.481 e. The fraction of sp³-hybridized carbons (Fsp3) is 0.0588. The highest BCUT2D eigenvalue weighted by atomic mass is 16.5. The number of nitrogens with zero attached hydrogens (tertiary/aromatic N) is 4. The molecule has 3 aromatic heterocycles. The Balaban J connectivity index is 1.79. The third kappa shape index (κ3) is 2.63. The maximum atomic E-state index is 5.08. The number of anilines is 2. The minimum atomic E-state index is 0.544. The number of ether oxygens (including phenoxy) is 1. The van der Waals surface area contributed by atoms with Gasteiger partial charge in [-0.25, -0.2) is 19.9 Å². The number of para-hydroxylation sites is 1. The van der Waals surface area contributed by atoms with Crippen molar-refractivity contribution >= 4 is 22.7 Å². The van der Waals surface area contributed by atoms with Crippen molar-refractivity contribution in [2.24, 2.45) is 0 Å². The number of fused-ring (bicyclic) bond motifs is 1. The summed E-state index contributed by atoms with van der Waals surface area (Å²) in [6, 6.07) is 13.5. The Morgan fingerprint density at radius 2 is 1.88 bits per heavy atom. The van der Waals surface area contributed by atoms with E-state index < -0.39 is 0 Å². The van der Waals surface area contributed by atoms with Crippen molar-refractivity contribution in [1.82, 2.24) is 24.9 Å². The van der Waals surface area contributed by atoms with E-state index in [2.05, 4.69) is 30.2 Å². The highest BCUT2D eigenvalue weighted by molar-refractivity contribution is 5.86. The topological polar surface area (TPSA) is 88.6 Å². The molecule has 0 aliphatic heterocycles. The van der Waals surface area contributed by atoms with Gasteiger partial charge in [0.1, 0.15) is 5.52 Å². The third-order valence-corrected chi connectivity index (χ3v) is 3.53. The Morgan fingerprint density at radius 1 is 1.00 bits per heavy atom. The summed E-state index contributed by atoms with van der Waals surface area (Å²) < 4.78 is 5.08. The summed E-state index contributed by atoms with van der Waals surface area (Å²) in [6.07, 6.45) is 3.28. The van der Waals surface area contributed by atoms with Crippen molar-refractivity contribution in [3.8, 4) is 17.3 Å². The van der Waals surface area contributed by atoms with Crippen LogP contribution in [0.2, 0.25) is 0 Å². The summed E-state index contributed by atoms with van der Waals surface area (Å²) in [5, 5.41) is 3.30. The molecule has 0 aliphatic carbocycles. The number of benzene rings is 1. The van der Waals surface area contributed by atoms with Crippen LogP contribution in [0.15, 0.2) is 55.0 Å². The zero-order valence-electron chi connectivity index (χ0n) is 12.9. The van der Waals surface area contributed by atoms with E-state index >= 15 is 0 Å². The first-order valence-electron chi connectivity index (χ1n) is 7.37. The fourth-order valence-electron chi connectivity index (χ4n) is 2.34. The van der Waals surface area contributed by atoms with Gasteiger partial charge in [-0.05, 0) is 18.2 Å². The molecule has 0 saturated heterocycles. The zero-order valence-corrected chi connectivity index (χ0v) is 12.9. The van der Waals surface area contributed by atoms with Crippen LogP contribution in [0.4, 0.5) is 11.5 Å². The number of H-pyrrole nitrogens is 1. The van der Waals surface area contributed by atoms with E-state index in [1.165, 1.54) is 0 Å². The second-order valence-electron chi connectivity index (χ2n) is 5.08. The van der Waals surface area contributed by atoms with Crippen molar-refractivity contribution in [3.63, 3.8) is 0 Å². The SMILES string of the molecule is COc1ccc(-c2nc(Nc3ccccc3)c3[nH]cnc3n2)cn1. The maximum Gasteiger partial charge on any atom is 0.212 e. The van der Waals surface area contributed by atoms with Gasteiger partial charge in [-0.15, -0.1) is 0 Å². The number of hydrogen-bond donors (Lipinski definition) is 2. The van der Waals surface area contributed by atoms with Crippen LogP contribution in [0.25, 0.3) is 22.6 Å². The molecular weight excluding hydrogens is 304 g/mol. The zero-order chi connectivity index (χ0) is 16.4. The smallest absolute Gasteiger partial charge is 0.212 e. The molecule has 2 N–H and O–H groups in total. The molecule has 0 bridgehead atoms. The molecule has 1 aromatic carbocycles. The van der Waals surface area contributed by atoms with Crippen LogP contribution in [0.1, 0.15) is 0 Å². The van der Waals surface area contributed by atoms with Crippen LogP contribution >= 0.6 is 0 Å². The van der Waals surface area contributed by atoms with Crippen LogP contribution in [-0.2, 0) is 0 Å². The molecule has 3 heterocycles. The standard InChI is InChI=1S/C17H14N6O/c1-24-13-8-7-11(9-18-13)15-22-16-14(19-10-20-16)17(23-15)21-12-5-3-2-4-6-12/h2-10H,1H3,(H2,19,20,21,22,23). The second kappa shape index (κ2) is 5.96. The molecule has 0 unspecified atom stereocenters. The monoisotopic (exact) mass is 318 g/mol. The van der Waals surface area contributed by atoms with Gasteiger partial charge in [-0.3, -0.25) is 0 Å². The van der Waals surface area contributed by atoms with Crippen LogP contribution in [0.5, 0.6) is 5.88 Å². The van der Waals surface area contributed by atoms with Crippen LogP contribution in [-0.4, -0.2) is 32.0 Å². The predicted molar refractivity (Wildman–Crippen MR) is 91.2 cm³/mol. The van der Waals surface area contributed by atoms with E-state index in [1.54, 1.807) is 25.7 Å². The van der Waals surface area contributed by atoms with Gasteiger partial charge in [0.2, 0.25) is 5.88 Å². The van der Waals surface area contributed by atoms with Gasteiger partial charge >= 0.3 is 0 Å². The molecule has 0 fully saturated rings. The largest absolute Gasteiger partial charge is 0.481 e. The van der Waals surface area contributed by atoms with Gasteiger partial charge in [0, 0.05) is 23.5 Å². The van der Waals surface area contributed by atoms with Crippen LogP contribution in [0.3, 0.4) is 0 Å². The highest BCUT2D eigenvalue weighted by Gasteiger charge is 2.12. The average molecular weight is 318 g/mol. The molecule has 0 radical (unpaired) electrons. The van der Waals surface area contributed by atoms with Gasteiger partial charge in [-0.2, -0.15) is 0 Å². The Bertz CT molecular complexity index is 965. The van der Waals surface area contributed by atoms with Crippen LogP contribution < -0.4 is 10.1 Å². The van der Waals surface area contributed by atoms with Crippen molar-refractivity contribution in [2.45, 2.75) is 0 Å². The number of pyridine rings is 1. The molecule has 7 nitrogen and oxygen atoms in total. The van der Waals surface area contributed by atoms with Gasteiger partial charge in [0.25, 0.3) is 0 Å². The summed E-state index contributed by atoms with van der Waals surface area (Å²) >= 11 is 0. The normalized spacial score (nSPS) is 10.7. The lowest BCUT2D eigenvalue weighted by Gasteiger charge is -2.08. The van der Waals surface area contributed by atoms with Crippen molar-refractivity contribution in [3.05, 3.63) is 55.0 Å². The predicted octanol–water partition coefficient (Wildman–Crippen LogP) is 3.17. The third-order valence-electron chi connectivity index (χ3n) is 3.53. The van der Waals surface area contributed by atoms with E-state index in [1.807, 2.05) is 36.4 Å². The first-order chi connectivity index (χ1) is 11.8. The van der Waals surface area contributed by atoms with E-state index in [9.17, 15) is 0 Å². The quantitative estimate of drug-likeness (QED) is 0.601. The Hall–Kier alpha value is -3.48. The summed E-state index contributed by atoms with van der Waals surface area (Å²) in [5.41, 5.74) is 3.07. The summed E-state index contributed by atoms with van der Waals surface area (Å²) in [4.78, 5) is 20.6. The maximum absolute atomic E-state index is 5.08. The molecule has 0 saturated carbocycles. The number of methoxy groups -OCH3 is 1. The van der Waals surface area contributed by atoms with Crippen molar-refractivity contribution in [1.29, 1.82) is 0 Å². The lowest BCUT2D eigenvalue weighted by molar-refractivity contribution is 0.398. The van der Waals surface area contributed by atoms with Gasteiger partial charge in [-0.1, -0.05) is 18.2 Å². The lowest BCUT2D eigenvalue weighted by Crippen LogP contribution is -1.99. The van der Waals surface area contributed by atoms with Crippen molar-refractivity contribution < 1.29 is 4.74 Å². The number of nitrogens with one attached hydrogen (secondary N) is 2. The first-order valence-corrected chi connectivity index (χ1v) is 7.37. The number of rotatable bonds is 4. The molecule has 7 heteroatoms. The van der Waals surface area contributed by atoms with E-state index in [0.29, 0.717) is 23.2 Å². The number of imidazole rings is 1. The molecular formula is C17H14N6O. The molecule has 4 rings (SSSR count). The second-order valence-corrected chi connectivity index (χ2v) is 5.08. The molecule has 0 amide bonds. The summed E-state index contributed by atoms with van der Waals surface area (Å²) in [7, 11) is 1.58. The minimum absolute atomic E-state index is 0.544. The van der Waals surface area contributed by atoms with E-state index in [0.717, 1.165) is 16.8 Å². The first kappa shape index (κ1) is 14.1. The Kier molecular flexibility index (Phi) is 3.51. The number of aromatic nitrogens is 5. The molecule has 0 spiro atoms. The molecule has 24 heavy (non-hydrogen) atoms. The molecule has 118 valence electrons. The number of hydrogen-bond acceptors (Lipinski definition) is 6. The van der Waals surface area contributed by atoms with Gasteiger partial charge < -0.3 is 15.0 Å². The van der Waals surface area contributed by atoms with Crippen LogP contribution in [0, 0.1) is 0 Å². The highest BCUT2D eigenvalue weighted by Crippen LogP contribution is 2.25. The lowest BCUT2D eigenvalue weighted by atomic mass is 10.2. The van der Waals surface area contributed by atoms with Gasteiger partial charge in [0.15, 0.2) is 17.3 Å². The van der Waals surface area contributed by atoms with E-state index in [-0.39, 0.29) is 0 Å². The average Bonchev–Trinajstić information content (AvgIpc) is 3.11. The summed E-state index contributed by atoms with van der Waals surface area (Å²) in [6.45, 7) is 0.